The molecule has 0 fully saturated rings. The molecule has 0 amide bonds. The van der Waals surface area contributed by atoms with Gasteiger partial charge in [0.25, 0.3) is 0 Å². The summed E-state index contributed by atoms with van der Waals surface area (Å²) in [6, 6.07) is 7.51. The lowest BCUT2D eigenvalue weighted by molar-refractivity contribution is 0.0683. The molecule has 1 aromatic carbocycles. The third kappa shape index (κ3) is 2.18. The standard InChI is InChI=1S/C13H9N3O2/c1-8-2-3-9(4-10(8)5-14)11-6-15-12(13(17)18)16-7-11/h2-4,6-7H,1H3,(H,17,18). The summed E-state index contributed by atoms with van der Waals surface area (Å²) in [6.45, 7) is 1.85. The van der Waals surface area contributed by atoms with E-state index < -0.39 is 5.97 Å². The number of benzene rings is 1. The fourth-order valence-corrected chi connectivity index (χ4v) is 1.51. The van der Waals surface area contributed by atoms with Gasteiger partial charge in [-0.1, -0.05) is 12.1 Å². The summed E-state index contributed by atoms with van der Waals surface area (Å²) in [5.74, 6) is -1.41. The molecule has 0 atom stereocenters. The monoisotopic (exact) mass is 239 g/mol. The summed E-state index contributed by atoms with van der Waals surface area (Å²) in [4.78, 5) is 18.1. The minimum Gasteiger partial charge on any atom is -0.475 e. The largest absolute Gasteiger partial charge is 0.475 e. The van der Waals surface area contributed by atoms with Gasteiger partial charge in [0, 0.05) is 18.0 Å². The third-order valence-corrected chi connectivity index (χ3v) is 2.53. The van der Waals surface area contributed by atoms with Crippen molar-refractivity contribution >= 4 is 5.97 Å². The number of rotatable bonds is 2. The second kappa shape index (κ2) is 4.63. The van der Waals surface area contributed by atoms with E-state index in [9.17, 15) is 4.79 Å². The molecule has 2 rings (SSSR count). The van der Waals surface area contributed by atoms with Crippen molar-refractivity contribution in [3.63, 3.8) is 0 Å². The van der Waals surface area contributed by atoms with Crippen molar-refractivity contribution in [2.75, 3.05) is 0 Å². The van der Waals surface area contributed by atoms with E-state index in [4.69, 9.17) is 10.4 Å². The van der Waals surface area contributed by atoms with Gasteiger partial charge in [-0.25, -0.2) is 14.8 Å². The van der Waals surface area contributed by atoms with Crippen LogP contribution in [0.3, 0.4) is 0 Å². The van der Waals surface area contributed by atoms with Crippen LogP contribution in [0.1, 0.15) is 21.7 Å². The van der Waals surface area contributed by atoms with E-state index >= 15 is 0 Å². The summed E-state index contributed by atoms with van der Waals surface area (Å²) in [7, 11) is 0. The van der Waals surface area contributed by atoms with Gasteiger partial charge >= 0.3 is 5.97 Å². The third-order valence-electron chi connectivity index (χ3n) is 2.53. The summed E-state index contributed by atoms with van der Waals surface area (Å²) in [5.41, 5.74) is 2.93. The van der Waals surface area contributed by atoms with Gasteiger partial charge < -0.3 is 5.11 Å². The van der Waals surface area contributed by atoms with Crippen molar-refractivity contribution in [1.29, 1.82) is 5.26 Å². The predicted octanol–water partition coefficient (Wildman–Crippen LogP) is 2.02. The maximum absolute atomic E-state index is 10.6. The van der Waals surface area contributed by atoms with Crippen LogP contribution in [0.4, 0.5) is 0 Å². The maximum Gasteiger partial charge on any atom is 0.373 e. The Morgan fingerprint density at radius 2 is 1.94 bits per heavy atom. The Morgan fingerprint density at radius 1 is 1.28 bits per heavy atom. The van der Waals surface area contributed by atoms with E-state index in [1.807, 2.05) is 19.1 Å². The zero-order chi connectivity index (χ0) is 13.1. The van der Waals surface area contributed by atoms with Crippen molar-refractivity contribution in [2.24, 2.45) is 0 Å². The first kappa shape index (κ1) is 11.7. The van der Waals surface area contributed by atoms with Gasteiger partial charge in [0.1, 0.15) is 0 Å². The van der Waals surface area contributed by atoms with Gasteiger partial charge in [0.05, 0.1) is 11.6 Å². The Hall–Kier alpha value is -2.74. The number of nitrogens with zero attached hydrogens (tertiary/aromatic N) is 3. The summed E-state index contributed by atoms with van der Waals surface area (Å²) < 4.78 is 0. The molecular formula is C13H9N3O2. The van der Waals surface area contributed by atoms with Crippen molar-refractivity contribution in [3.05, 3.63) is 47.5 Å². The average Bonchev–Trinajstić information content (AvgIpc) is 2.39. The number of aromatic carboxylic acids is 1. The topological polar surface area (TPSA) is 86.9 Å². The fourth-order valence-electron chi connectivity index (χ4n) is 1.51. The number of hydrogen-bond acceptors (Lipinski definition) is 4. The molecule has 0 spiro atoms. The van der Waals surface area contributed by atoms with Gasteiger partial charge in [0.2, 0.25) is 5.82 Å². The van der Waals surface area contributed by atoms with Gasteiger partial charge in [-0.3, -0.25) is 0 Å². The molecule has 0 bridgehead atoms. The van der Waals surface area contributed by atoms with Crippen LogP contribution < -0.4 is 0 Å². The first-order valence-electron chi connectivity index (χ1n) is 5.18. The maximum atomic E-state index is 10.6. The molecule has 0 aliphatic carbocycles. The Labute approximate surface area is 103 Å². The molecule has 18 heavy (non-hydrogen) atoms. The van der Waals surface area contributed by atoms with Gasteiger partial charge in [-0.05, 0) is 24.1 Å². The molecule has 0 aliphatic heterocycles. The van der Waals surface area contributed by atoms with E-state index in [1.54, 1.807) is 6.07 Å². The van der Waals surface area contributed by atoms with E-state index in [1.165, 1.54) is 12.4 Å². The molecule has 1 aromatic heterocycles. The summed E-state index contributed by atoms with van der Waals surface area (Å²) >= 11 is 0. The summed E-state index contributed by atoms with van der Waals surface area (Å²) in [5, 5.41) is 17.6. The molecule has 0 saturated carbocycles. The molecule has 5 nitrogen and oxygen atoms in total. The lowest BCUT2D eigenvalue weighted by Crippen LogP contribution is -2.03. The number of aromatic nitrogens is 2. The highest BCUT2D eigenvalue weighted by atomic mass is 16.4. The van der Waals surface area contributed by atoms with Crippen LogP contribution in [0.15, 0.2) is 30.6 Å². The predicted molar refractivity (Wildman–Crippen MR) is 63.9 cm³/mol. The molecule has 0 aliphatic rings. The number of hydrogen-bond donors (Lipinski definition) is 1. The van der Waals surface area contributed by atoms with Crippen LogP contribution in [0.5, 0.6) is 0 Å². The van der Waals surface area contributed by atoms with Crippen molar-refractivity contribution in [3.8, 4) is 17.2 Å². The van der Waals surface area contributed by atoms with Gasteiger partial charge in [-0.2, -0.15) is 5.26 Å². The van der Waals surface area contributed by atoms with Crippen LogP contribution in [0.2, 0.25) is 0 Å². The van der Waals surface area contributed by atoms with Crippen molar-refractivity contribution in [1.82, 2.24) is 9.97 Å². The number of carbonyl (C=O) groups is 1. The number of carboxylic acid groups (broad SMARTS) is 1. The Bertz CT molecular complexity index is 642. The lowest BCUT2D eigenvalue weighted by Gasteiger charge is -2.03. The minimum atomic E-state index is -1.16. The van der Waals surface area contributed by atoms with Gasteiger partial charge in [0.15, 0.2) is 0 Å². The fraction of sp³-hybridized carbons (Fsp3) is 0.0769. The number of nitriles is 1. The Balaban J connectivity index is 2.43. The van der Waals surface area contributed by atoms with E-state index in [0.717, 1.165) is 11.1 Å². The number of aryl methyl sites for hydroxylation is 1. The van der Waals surface area contributed by atoms with Crippen molar-refractivity contribution in [2.45, 2.75) is 6.92 Å². The molecule has 0 radical (unpaired) electrons. The second-order valence-electron chi connectivity index (χ2n) is 3.74. The Morgan fingerprint density at radius 3 is 2.50 bits per heavy atom. The molecular weight excluding hydrogens is 230 g/mol. The van der Waals surface area contributed by atoms with Crippen LogP contribution in [-0.2, 0) is 0 Å². The minimum absolute atomic E-state index is 0.244. The molecule has 1 heterocycles. The van der Waals surface area contributed by atoms with Crippen LogP contribution in [-0.4, -0.2) is 21.0 Å². The molecule has 0 unspecified atom stereocenters. The van der Waals surface area contributed by atoms with Crippen LogP contribution in [0.25, 0.3) is 11.1 Å². The van der Waals surface area contributed by atoms with Crippen molar-refractivity contribution < 1.29 is 9.90 Å². The average molecular weight is 239 g/mol. The number of carboxylic acids is 1. The van der Waals surface area contributed by atoms with E-state index in [0.29, 0.717) is 11.1 Å². The molecule has 1 N–H and O–H groups in total. The highest BCUT2D eigenvalue weighted by molar-refractivity contribution is 5.83. The second-order valence-corrected chi connectivity index (χ2v) is 3.74. The van der Waals surface area contributed by atoms with Crippen LogP contribution >= 0.6 is 0 Å². The molecule has 88 valence electrons. The normalized spacial score (nSPS) is 9.78. The zero-order valence-electron chi connectivity index (χ0n) is 9.58. The zero-order valence-corrected chi connectivity index (χ0v) is 9.58. The SMILES string of the molecule is Cc1ccc(-c2cnc(C(=O)O)nc2)cc1C#N. The first-order chi connectivity index (χ1) is 8.61. The highest BCUT2D eigenvalue weighted by Gasteiger charge is 2.07. The molecule has 0 saturated heterocycles. The highest BCUT2D eigenvalue weighted by Crippen LogP contribution is 2.20. The lowest BCUT2D eigenvalue weighted by atomic mass is 10.0. The summed E-state index contributed by atoms with van der Waals surface area (Å²) in [6.07, 6.45) is 2.87. The van der Waals surface area contributed by atoms with Gasteiger partial charge in [-0.15, -0.1) is 0 Å². The Kier molecular flexibility index (Phi) is 3.02. The molecule has 5 heteroatoms. The van der Waals surface area contributed by atoms with Crippen LogP contribution in [0, 0.1) is 18.3 Å². The van der Waals surface area contributed by atoms with E-state index in [2.05, 4.69) is 16.0 Å². The van der Waals surface area contributed by atoms with E-state index in [-0.39, 0.29) is 5.82 Å². The molecule has 2 aromatic rings. The smallest absolute Gasteiger partial charge is 0.373 e. The quantitative estimate of drug-likeness (QED) is 0.866. The first-order valence-corrected chi connectivity index (χ1v) is 5.18.